The Morgan fingerprint density at radius 3 is 2.89 bits per heavy atom. The van der Waals surface area contributed by atoms with Gasteiger partial charge in [0.05, 0.1) is 5.69 Å². The van der Waals surface area contributed by atoms with E-state index in [2.05, 4.69) is 5.32 Å². The summed E-state index contributed by atoms with van der Waals surface area (Å²) >= 11 is 0. The van der Waals surface area contributed by atoms with Gasteiger partial charge < -0.3 is 15.6 Å². The van der Waals surface area contributed by atoms with Crippen LogP contribution in [0.15, 0.2) is 30.5 Å². The number of aromatic nitrogens is 1. The van der Waals surface area contributed by atoms with Crippen molar-refractivity contribution >= 4 is 22.5 Å². The van der Waals surface area contributed by atoms with E-state index >= 15 is 0 Å². The molecule has 1 atom stereocenters. The summed E-state index contributed by atoms with van der Waals surface area (Å²) < 4.78 is 2.01. The number of hydrogen-bond donors (Lipinski definition) is 2. The molecule has 2 aromatic rings. The molecule has 4 heteroatoms. The van der Waals surface area contributed by atoms with Gasteiger partial charge in [0.25, 0.3) is 0 Å². The first-order chi connectivity index (χ1) is 8.58. The summed E-state index contributed by atoms with van der Waals surface area (Å²) in [6.45, 7) is 1.91. The number of para-hydroxylation sites is 1. The Balaban J connectivity index is 2.14. The number of carbonyl (C=O) groups is 1. The number of aryl methyl sites for hydroxylation is 1. The van der Waals surface area contributed by atoms with Crippen LogP contribution < -0.4 is 11.1 Å². The third kappa shape index (κ3) is 2.71. The first-order valence-electron chi connectivity index (χ1n) is 6.17. The summed E-state index contributed by atoms with van der Waals surface area (Å²) in [4.78, 5) is 11.8. The van der Waals surface area contributed by atoms with Gasteiger partial charge in [-0.1, -0.05) is 18.2 Å². The van der Waals surface area contributed by atoms with E-state index in [0.717, 1.165) is 16.6 Å². The van der Waals surface area contributed by atoms with Gasteiger partial charge in [0.1, 0.15) is 0 Å². The maximum absolute atomic E-state index is 11.8. The van der Waals surface area contributed by atoms with E-state index in [1.165, 1.54) is 0 Å². The lowest BCUT2D eigenvalue weighted by atomic mass is 10.2. The molecule has 3 N–H and O–H groups in total. The molecule has 0 aliphatic rings. The van der Waals surface area contributed by atoms with E-state index in [9.17, 15) is 4.79 Å². The fourth-order valence-electron chi connectivity index (χ4n) is 2.01. The third-order valence-electron chi connectivity index (χ3n) is 3.00. The molecule has 1 unspecified atom stereocenters. The van der Waals surface area contributed by atoms with Crippen molar-refractivity contribution in [3.8, 4) is 0 Å². The molecule has 1 heterocycles. The summed E-state index contributed by atoms with van der Waals surface area (Å²) in [6.07, 6.45) is 3.10. The maximum Gasteiger partial charge on any atom is 0.224 e. The summed E-state index contributed by atoms with van der Waals surface area (Å²) in [5, 5.41) is 4.01. The zero-order valence-electron chi connectivity index (χ0n) is 10.8. The Morgan fingerprint density at radius 2 is 2.17 bits per heavy atom. The maximum atomic E-state index is 11.8. The molecule has 0 fully saturated rings. The molecule has 0 radical (unpaired) electrons. The number of hydrogen-bond acceptors (Lipinski definition) is 2. The Labute approximate surface area is 107 Å². The number of nitrogens with two attached hydrogens (primary N) is 1. The predicted molar refractivity (Wildman–Crippen MR) is 74.4 cm³/mol. The van der Waals surface area contributed by atoms with Crippen molar-refractivity contribution in [3.05, 3.63) is 30.5 Å². The van der Waals surface area contributed by atoms with Gasteiger partial charge in [-0.2, -0.15) is 0 Å². The van der Waals surface area contributed by atoms with Crippen LogP contribution in [0.5, 0.6) is 0 Å². The molecule has 0 saturated carbocycles. The highest BCUT2D eigenvalue weighted by atomic mass is 16.1. The number of nitrogens with zero attached hydrogens (tertiary/aromatic N) is 1. The molecule has 0 saturated heterocycles. The van der Waals surface area contributed by atoms with Crippen LogP contribution >= 0.6 is 0 Å². The van der Waals surface area contributed by atoms with E-state index < -0.39 is 0 Å². The molecule has 0 aliphatic carbocycles. The largest absolute Gasteiger partial charge is 0.348 e. The number of fused-ring (bicyclic) bond motifs is 1. The van der Waals surface area contributed by atoms with Crippen molar-refractivity contribution in [2.24, 2.45) is 12.8 Å². The lowest BCUT2D eigenvalue weighted by Crippen LogP contribution is -2.19. The molecule has 1 aromatic carbocycles. The normalized spacial score (nSPS) is 12.6. The molecular weight excluding hydrogens is 226 g/mol. The number of amides is 1. The average Bonchev–Trinajstić information content (AvgIpc) is 2.65. The minimum atomic E-state index is 0.0173. The summed E-state index contributed by atoms with van der Waals surface area (Å²) in [7, 11) is 1.97. The number of nitrogens with one attached hydrogen (secondary N) is 1. The highest BCUT2D eigenvalue weighted by molar-refractivity contribution is 6.01. The monoisotopic (exact) mass is 245 g/mol. The summed E-state index contributed by atoms with van der Waals surface area (Å²) in [6, 6.07) is 8.07. The molecule has 96 valence electrons. The van der Waals surface area contributed by atoms with Crippen LogP contribution in [0, 0.1) is 0 Å². The fraction of sp³-hybridized carbons (Fsp3) is 0.357. The standard InChI is InChI=1S/C14H19N3O/c1-10(15)7-8-14(18)16-12-9-17(2)13-6-4-3-5-11(12)13/h3-6,9-10H,7-8,15H2,1-2H3,(H,16,18). The second kappa shape index (κ2) is 5.23. The van der Waals surface area contributed by atoms with Gasteiger partial charge in [-0.25, -0.2) is 0 Å². The van der Waals surface area contributed by atoms with Gasteiger partial charge in [-0.3, -0.25) is 4.79 Å². The van der Waals surface area contributed by atoms with Crippen LogP contribution in [0.25, 0.3) is 10.9 Å². The lowest BCUT2D eigenvalue weighted by molar-refractivity contribution is -0.116. The Hall–Kier alpha value is -1.81. The quantitative estimate of drug-likeness (QED) is 0.867. The Morgan fingerprint density at radius 1 is 1.44 bits per heavy atom. The predicted octanol–water partition coefficient (Wildman–Crippen LogP) is 2.24. The van der Waals surface area contributed by atoms with Crippen LogP contribution in [-0.2, 0) is 11.8 Å². The van der Waals surface area contributed by atoms with Crippen molar-refractivity contribution < 1.29 is 4.79 Å². The molecule has 0 spiro atoms. The SMILES string of the molecule is CC(N)CCC(=O)Nc1cn(C)c2ccccc12. The molecule has 0 bridgehead atoms. The van der Waals surface area contributed by atoms with Gasteiger partial charge in [0.2, 0.25) is 5.91 Å². The molecule has 2 rings (SSSR count). The molecule has 1 aromatic heterocycles. The van der Waals surface area contributed by atoms with Crippen molar-refractivity contribution in [3.63, 3.8) is 0 Å². The number of anilines is 1. The van der Waals surface area contributed by atoms with Crippen LogP contribution in [0.2, 0.25) is 0 Å². The zero-order chi connectivity index (χ0) is 13.1. The van der Waals surface area contributed by atoms with Gasteiger partial charge in [0, 0.05) is 36.6 Å². The van der Waals surface area contributed by atoms with Crippen molar-refractivity contribution in [2.75, 3.05) is 5.32 Å². The zero-order valence-corrected chi connectivity index (χ0v) is 10.8. The van der Waals surface area contributed by atoms with E-state index in [4.69, 9.17) is 5.73 Å². The molecular formula is C14H19N3O. The highest BCUT2D eigenvalue weighted by Crippen LogP contribution is 2.24. The second-order valence-electron chi connectivity index (χ2n) is 4.73. The summed E-state index contributed by atoms with van der Waals surface area (Å²) in [5.74, 6) is 0.0173. The lowest BCUT2D eigenvalue weighted by Gasteiger charge is -2.05. The average molecular weight is 245 g/mol. The van der Waals surface area contributed by atoms with Gasteiger partial charge in [-0.15, -0.1) is 0 Å². The third-order valence-corrected chi connectivity index (χ3v) is 3.00. The minimum Gasteiger partial charge on any atom is -0.348 e. The smallest absolute Gasteiger partial charge is 0.224 e. The molecule has 1 amide bonds. The number of rotatable bonds is 4. The highest BCUT2D eigenvalue weighted by Gasteiger charge is 2.09. The first kappa shape index (κ1) is 12.6. The van der Waals surface area contributed by atoms with Gasteiger partial charge >= 0.3 is 0 Å². The number of carbonyl (C=O) groups excluding carboxylic acids is 1. The molecule has 18 heavy (non-hydrogen) atoms. The van der Waals surface area contributed by atoms with Gasteiger partial charge in [0.15, 0.2) is 0 Å². The van der Waals surface area contributed by atoms with Crippen LogP contribution in [0.3, 0.4) is 0 Å². The van der Waals surface area contributed by atoms with Crippen LogP contribution in [0.4, 0.5) is 5.69 Å². The van der Waals surface area contributed by atoms with E-state index in [0.29, 0.717) is 12.8 Å². The molecule has 0 aliphatic heterocycles. The van der Waals surface area contributed by atoms with Crippen molar-refractivity contribution in [1.82, 2.24) is 4.57 Å². The van der Waals surface area contributed by atoms with E-state index in [1.807, 2.05) is 49.0 Å². The van der Waals surface area contributed by atoms with Crippen molar-refractivity contribution in [1.29, 1.82) is 0 Å². The Bertz CT molecular complexity index is 557. The van der Waals surface area contributed by atoms with Crippen LogP contribution in [-0.4, -0.2) is 16.5 Å². The first-order valence-corrected chi connectivity index (χ1v) is 6.17. The van der Waals surface area contributed by atoms with E-state index in [-0.39, 0.29) is 11.9 Å². The van der Waals surface area contributed by atoms with Gasteiger partial charge in [-0.05, 0) is 19.4 Å². The topological polar surface area (TPSA) is 60.1 Å². The minimum absolute atomic E-state index is 0.0173. The Kier molecular flexibility index (Phi) is 3.67. The number of benzene rings is 1. The fourth-order valence-corrected chi connectivity index (χ4v) is 2.01. The molecule has 4 nitrogen and oxygen atoms in total. The summed E-state index contributed by atoms with van der Waals surface area (Å²) in [5.41, 5.74) is 7.62. The van der Waals surface area contributed by atoms with Crippen LogP contribution in [0.1, 0.15) is 19.8 Å². The van der Waals surface area contributed by atoms with Crippen molar-refractivity contribution in [2.45, 2.75) is 25.8 Å². The van der Waals surface area contributed by atoms with E-state index in [1.54, 1.807) is 0 Å². The second-order valence-corrected chi connectivity index (χ2v) is 4.73.